The number of hydrogen-bond donors (Lipinski definition) is 0. The number of hydrogen-bond acceptors (Lipinski definition) is 4. The zero-order valence-electron chi connectivity index (χ0n) is 17.8. The van der Waals surface area contributed by atoms with E-state index in [1.165, 1.54) is 12.1 Å². The summed E-state index contributed by atoms with van der Waals surface area (Å²) in [4.78, 5) is 16.0. The van der Waals surface area contributed by atoms with E-state index in [0.717, 1.165) is 46.7 Å². The van der Waals surface area contributed by atoms with E-state index in [2.05, 4.69) is 9.88 Å². The van der Waals surface area contributed by atoms with Gasteiger partial charge < -0.3 is 4.90 Å². The Morgan fingerprint density at radius 3 is 2.62 bits per heavy atom. The Kier molecular flexibility index (Phi) is 4.96. The Morgan fingerprint density at radius 1 is 0.882 bits per heavy atom. The van der Waals surface area contributed by atoms with Crippen LogP contribution in [0.5, 0.6) is 0 Å². The van der Waals surface area contributed by atoms with Gasteiger partial charge in [-0.05, 0) is 72.1 Å². The SMILES string of the molecule is Fc1ccc(-c2ccc3nc(-c4cccnc4)nc(N4CCc5cc(Cl)ccc54)c3c2)c(F)c1. The number of rotatable bonds is 3. The van der Waals surface area contributed by atoms with Crippen molar-refractivity contribution in [1.82, 2.24) is 15.0 Å². The number of benzene rings is 3. The summed E-state index contributed by atoms with van der Waals surface area (Å²) in [5.74, 6) is 0.0440. The van der Waals surface area contributed by atoms with Crippen molar-refractivity contribution in [3.05, 3.63) is 101 Å². The fourth-order valence-corrected chi connectivity index (χ4v) is 4.62. The van der Waals surface area contributed by atoms with Gasteiger partial charge in [0.15, 0.2) is 5.82 Å². The molecule has 5 aromatic rings. The van der Waals surface area contributed by atoms with Gasteiger partial charge in [0.1, 0.15) is 17.5 Å². The molecule has 0 saturated carbocycles. The second-order valence-corrected chi connectivity index (χ2v) is 8.58. The average Bonchev–Trinajstić information content (AvgIpc) is 3.26. The first-order chi connectivity index (χ1) is 16.6. The van der Waals surface area contributed by atoms with Gasteiger partial charge in [-0.1, -0.05) is 17.7 Å². The summed E-state index contributed by atoms with van der Waals surface area (Å²) in [5.41, 5.74) is 4.63. The van der Waals surface area contributed by atoms with Crippen molar-refractivity contribution < 1.29 is 8.78 Å². The molecule has 1 aliphatic heterocycles. The lowest BCUT2D eigenvalue weighted by Gasteiger charge is -2.21. The quantitative estimate of drug-likeness (QED) is 0.285. The Hall–Kier alpha value is -3.90. The first-order valence-electron chi connectivity index (χ1n) is 10.8. The Bertz CT molecular complexity index is 1560. The van der Waals surface area contributed by atoms with Crippen molar-refractivity contribution in [2.45, 2.75) is 6.42 Å². The van der Waals surface area contributed by atoms with Gasteiger partial charge in [0.25, 0.3) is 0 Å². The maximum absolute atomic E-state index is 14.6. The van der Waals surface area contributed by atoms with Crippen LogP contribution >= 0.6 is 11.6 Å². The molecule has 0 amide bonds. The van der Waals surface area contributed by atoms with E-state index in [0.29, 0.717) is 27.8 Å². The standard InChI is InChI=1S/C27H17ClF2N4/c28-19-4-8-25-17(12-19)9-11-34(25)27-22-13-16(21-6-5-20(29)14-23(21)30)3-7-24(22)32-26(33-27)18-2-1-10-31-15-18/h1-8,10,12-15H,9,11H2. The molecule has 0 unspecified atom stereocenters. The van der Waals surface area contributed by atoms with Crippen LogP contribution in [0.1, 0.15) is 5.56 Å². The van der Waals surface area contributed by atoms with Crippen LogP contribution in [0.2, 0.25) is 5.02 Å². The molecule has 0 N–H and O–H groups in total. The van der Waals surface area contributed by atoms with Gasteiger partial charge in [0.05, 0.1) is 5.52 Å². The van der Waals surface area contributed by atoms with Crippen LogP contribution < -0.4 is 4.90 Å². The third-order valence-corrected chi connectivity index (χ3v) is 6.27. The summed E-state index contributed by atoms with van der Waals surface area (Å²) in [6.45, 7) is 0.726. The molecule has 0 aliphatic carbocycles. The highest BCUT2D eigenvalue weighted by Crippen LogP contribution is 2.40. The molecule has 7 heteroatoms. The number of fused-ring (bicyclic) bond motifs is 2. The normalized spacial score (nSPS) is 12.9. The fourth-order valence-electron chi connectivity index (χ4n) is 4.42. The monoisotopic (exact) mass is 470 g/mol. The molecule has 166 valence electrons. The summed E-state index contributed by atoms with van der Waals surface area (Å²) in [7, 11) is 0. The highest BCUT2D eigenvalue weighted by atomic mass is 35.5. The Morgan fingerprint density at radius 2 is 1.79 bits per heavy atom. The number of halogens is 3. The topological polar surface area (TPSA) is 41.9 Å². The predicted octanol–water partition coefficient (Wildman–Crippen LogP) is 6.98. The molecule has 4 nitrogen and oxygen atoms in total. The lowest BCUT2D eigenvalue weighted by Crippen LogP contribution is -2.16. The molecule has 2 aromatic heterocycles. The second kappa shape index (κ2) is 8.15. The van der Waals surface area contributed by atoms with Gasteiger partial charge in [0, 0.05) is 52.2 Å². The van der Waals surface area contributed by atoms with E-state index in [9.17, 15) is 8.78 Å². The zero-order chi connectivity index (χ0) is 23.2. The Labute approximate surface area is 199 Å². The van der Waals surface area contributed by atoms with Gasteiger partial charge >= 0.3 is 0 Å². The first-order valence-corrected chi connectivity index (χ1v) is 11.2. The van der Waals surface area contributed by atoms with Crippen molar-refractivity contribution in [3.8, 4) is 22.5 Å². The van der Waals surface area contributed by atoms with Crippen molar-refractivity contribution in [2.75, 3.05) is 11.4 Å². The van der Waals surface area contributed by atoms with Crippen LogP contribution in [0, 0.1) is 11.6 Å². The third kappa shape index (κ3) is 3.56. The molecule has 1 aliphatic rings. The van der Waals surface area contributed by atoms with Crippen molar-refractivity contribution in [1.29, 1.82) is 0 Å². The minimum Gasteiger partial charge on any atom is -0.325 e. The third-order valence-electron chi connectivity index (χ3n) is 6.03. The highest BCUT2D eigenvalue weighted by molar-refractivity contribution is 6.30. The first kappa shape index (κ1) is 20.7. The molecule has 34 heavy (non-hydrogen) atoms. The van der Waals surface area contributed by atoms with Gasteiger partial charge in [0.2, 0.25) is 0 Å². The number of nitrogens with zero attached hydrogens (tertiary/aromatic N) is 4. The predicted molar refractivity (Wildman–Crippen MR) is 130 cm³/mol. The van der Waals surface area contributed by atoms with E-state index in [-0.39, 0.29) is 0 Å². The summed E-state index contributed by atoms with van der Waals surface area (Å²) in [5, 5.41) is 1.47. The van der Waals surface area contributed by atoms with Gasteiger partial charge in [-0.15, -0.1) is 0 Å². The highest BCUT2D eigenvalue weighted by Gasteiger charge is 2.25. The number of pyridine rings is 1. The summed E-state index contributed by atoms with van der Waals surface area (Å²) in [6, 6.07) is 18.7. The summed E-state index contributed by atoms with van der Waals surface area (Å²) >= 11 is 6.22. The molecule has 0 spiro atoms. The molecule has 3 aromatic carbocycles. The van der Waals surface area contributed by atoms with E-state index in [1.54, 1.807) is 18.5 Å². The lowest BCUT2D eigenvalue weighted by molar-refractivity contribution is 0.585. The molecule has 6 rings (SSSR count). The van der Waals surface area contributed by atoms with Crippen LogP contribution in [0.3, 0.4) is 0 Å². The van der Waals surface area contributed by atoms with Gasteiger partial charge in [-0.2, -0.15) is 0 Å². The van der Waals surface area contributed by atoms with E-state index >= 15 is 0 Å². The van der Waals surface area contributed by atoms with E-state index < -0.39 is 11.6 Å². The molecule has 0 bridgehead atoms. The van der Waals surface area contributed by atoms with Crippen LogP contribution in [-0.2, 0) is 6.42 Å². The lowest BCUT2D eigenvalue weighted by atomic mass is 10.0. The molecular weight excluding hydrogens is 454 g/mol. The van der Waals surface area contributed by atoms with Crippen LogP contribution in [-0.4, -0.2) is 21.5 Å². The van der Waals surface area contributed by atoms with Crippen LogP contribution in [0.25, 0.3) is 33.4 Å². The van der Waals surface area contributed by atoms with Gasteiger partial charge in [-0.3, -0.25) is 4.98 Å². The summed E-state index contributed by atoms with van der Waals surface area (Å²) < 4.78 is 28.0. The molecular formula is C27H17ClF2N4. The second-order valence-electron chi connectivity index (χ2n) is 8.14. The minimum absolute atomic E-state index is 0.319. The molecule has 0 atom stereocenters. The molecule has 0 fully saturated rings. The van der Waals surface area contributed by atoms with Crippen molar-refractivity contribution >= 4 is 34.0 Å². The molecule has 3 heterocycles. The zero-order valence-corrected chi connectivity index (χ0v) is 18.6. The maximum Gasteiger partial charge on any atom is 0.163 e. The largest absolute Gasteiger partial charge is 0.325 e. The number of anilines is 2. The van der Waals surface area contributed by atoms with E-state index in [4.69, 9.17) is 21.6 Å². The summed E-state index contributed by atoms with van der Waals surface area (Å²) in [6.07, 6.45) is 4.26. The van der Waals surface area contributed by atoms with Crippen LogP contribution in [0.15, 0.2) is 79.1 Å². The fraction of sp³-hybridized carbons (Fsp3) is 0.0741. The minimum atomic E-state index is -0.616. The molecule has 0 radical (unpaired) electrons. The Balaban J connectivity index is 1.58. The van der Waals surface area contributed by atoms with Crippen molar-refractivity contribution in [2.24, 2.45) is 0 Å². The average molecular weight is 471 g/mol. The van der Waals surface area contributed by atoms with Crippen molar-refractivity contribution in [3.63, 3.8) is 0 Å². The maximum atomic E-state index is 14.6. The smallest absolute Gasteiger partial charge is 0.163 e. The van der Waals surface area contributed by atoms with Gasteiger partial charge in [-0.25, -0.2) is 18.7 Å². The number of aromatic nitrogens is 3. The van der Waals surface area contributed by atoms with Crippen LogP contribution in [0.4, 0.5) is 20.3 Å². The van der Waals surface area contributed by atoms with E-state index in [1.807, 2.05) is 42.5 Å². The molecule has 0 saturated heterocycles.